The highest BCUT2D eigenvalue weighted by Crippen LogP contribution is 2.24. The first-order valence-electron chi connectivity index (χ1n) is 5.28. The fraction of sp³-hybridized carbons (Fsp3) is 0.100. The fourth-order valence-electron chi connectivity index (χ4n) is 1.71. The first-order valence-corrected chi connectivity index (χ1v) is 7.59. The van der Waals surface area contributed by atoms with E-state index in [1.807, 2.05) is 0 Å². The van der Waals surface area contributed by atoms with Gasteiger partial charge in [0, 0.05) is 23.8 Å². The molecule has 0 aromatic carbocycles. The van der Waals surface area contributed by atoms with Gasteiger partial charge in [-0.05, 0) is 6.07 Å². The van der Waals surface area contributed by atoms with Gasteiger partial charge in [-0.1, -0.05) is 0 Å². The zero-order valence-corrected chi connectivity index (χ0v) is 11.5. The highest BCUT2D eigenvalue weighted by molar-refractivity contribution is 8.13. The van der Waals surface area contributed by atoms with Crippen molar-refractivity contribution in [2.75, 3.05) is 0 Å². The number of nitrogens with zero attached hydrogens (tertiary/aromatic N) is 4. The average molecular weight is 317 g/mol. The second kappa shape index (κ2) is 4.25. The zero-order valence-electron chi connectivity index (χ0n) is 9.91. The highest BCUT2D eigenvalue weighted by Gasteiger charge is 2.19. The number of imidazole rings is 1. The summed E-state index contributed by atoms with van der Waals surface area (Å²) < 4.78 is 42.9. The van der Waals surface area contributed by atoms with E-state index in [9.17, 15) is 12.8 Å². The van der Waals surface area contributed by atoms with Crippen molar-refractivity contribution in [3.63, 3.8) is 0 Å². The summed E-state index contributed by atoms with van der Waals surface area (Å²) in [7, 11) is 1.15. The molecule has 20 heavy (non-hydrogen) atoms. The Morgan fingerprint density at radius 3 is 2.75 bits per heavy atom. The van der Waals surface area contributed by atoms with Gasteiger partial charge in [0.15, 0.2) is 0 Å². The van der Waals surface area contributed by atoms with E-state index in [0.717, 1.165) is 12.3 Å². The van der Waals surface area contributed by atoms with Crippen molar-refractivity contribution in [3.05, 3.63) is 30.2 Å². The molecule has 0 bridgehead atoms. The van der Waals surface area contributed by atoms with Crippen molar-refractivity contribution in [3.8, 4) is 11.7 Å². The number of pyridine rings is 1. The van der Waals surface area contributed by atoms with Crippen LogP contribution in [-0.4, -0.2) is 28.0 Å². The van der Waals surface area contributed by atoms with Crippen LogP contribution < -0.4 is 0 Å². The maximum Gasteiger partial charge on any atom is 0.284 e. The standard InChI is InChI=1S/C10H6ClFN4O3S/c1-5-14-15-10(19-5)9-13-3-8-7(12)2-6(4-16(8)9)20(11,17)18/h2-4H,1H3. The average Bonchev–Trinajstić information content (AvgIpc) is 2.93. The van der Waals surface area contributed by atoms with Gasteiger partial charge in [0.05, 0.1) is 6.20 Å². The summed E-state index contributed by atoms with van der Waals surface area (Å²) in [6.07, 6.45) is 2.37. The summed E-state index contributed by atoms with van der Waals surface area (Å²) in [6, 6.07) is 0.822. The molecule has 0 aliphatic carbocycles. The molecule has 3 rings (SSSR count). The van der Waals surface area contributed by atoms with E-state index >= 15 is 0 Å². The molecule has 3 aromatic heterocycles. The maximum atomic E-state index is 13.9. The third-order valence-corrected chi connectivity index (χ3v) is 3.89. The van der Waals surface area contributed by atoms with Crippen LogP contribution in [0.5, 0.6) is 0 Å². The number of aromatic nitrogens is 4. The molecule has 104 valence electrons. The number of fused-ring (bicyclic) bond motifs is 1. The largest absolute Gasteiger partial charge is 0.419 e. The van der Waals surface area contributed by atoms with Crippen molar-refractivity contribution >= 4 is 25.2 Å². The van der Waals surface area contributed by atoms with E-state index in [0.29, 0.717) is 5.89 Å². The van der Waals surface area contributed by atoms with E-state index in [-0.39, 0.29) is 22.1 Å². The number of hydrogen-bond acceptors (Lipinski definition) is 6. The van der Waals surface area contributed by atoms with Crippen LogP contribution in [0.25, 0.3) is 17.2 Å². The van der Waals surface area contributed by atoms with Crippen molar-refractivity contribution in [2.24, 2.45) is 0 Å². The quantitative estimate of drug-likeness (QED) is 0.669. The Balaban J connectivity index is 2.33. The lowest BCUT2D eigenvalue weighted by Gasteiger charge is -2.02. The van der Waals surface area contributed by atoms with Gasteiger partial charge in [-0.25, -0.2) is 17.8 Å². The third-order valence-electron chi connectivity index (χ3n) is 2.57. The van der Waals surface area contributed by atoms with Gasteiger partial charge >= 0.3 is 0 Å². The van der Waals surface area contributed by atoms with E-state index in [4.69, 9.17) is 15.1 Å². The predicted molar refractivity (Wildman–Crippen MR) is 66.2 cm³/mol. The van der Waals surface area contributed by atoms with Crippen LogP contribution in [0.1, 0.15) is 5.89 Å². The molecule has 0 saturated carbocycles. The molecule has 0 fully saturated rings. The SMILES string of the molecule is Cc1nnc(-c2ncc3c(F)cc(S(=O)(=O)Cl)cn23)o1. The van der Waals surface area contributed by atoms with Crippen LogP contribution in [0.15, 0.2) is 27.8 Å². The van der Waals surface area contributed by atoms with Gasteiger partial charge in [-0.15, -0.1) is 10.2 Å². The number of rotatable bonds is 2. The molecule has 3 heterocycles. The Bertz CT molecular complexity index is 918. The topological polar surface area (TPSA) is 90.4 Å². The van der Waals surface area contributed by atoms with Crippen LogP contribution in [0, 0.1) is 12.7 Å². The molecule has 0 saturated heterocycles. The molecule has 0 aliphatic rings. The Morgan fingerprint density at radius 2 is 2.15 bits per heavy atom. The normalized spacial score (nSPS) is 12.2. The molecule has 0 spiro atoms. The van der Waals surface area contributed by atoms with Crippen molar-refractivity contribution in [2.45, 2.75) is 11.8 Å². The van der Waals surface area contributed by atoms with Gasteiger partial charge in [0.1, 0.15) is 16.2 Å². The summed E-state index contributed by atoms with van der Waals surface area (Å²) >= 11 is 0. The predicted octanol–water partition coefficient (Wildman–Crippen LogP) is 1.76. The highest BCUT2D eigenvalue weighted by atomic mass is 35.7. The molecule has 0 amide bonds. The number of halogens is 2. The monoisotopic (exact) mass is 316 g/mol. The summed E-state index contributed by atoms with van der Waals surface area (Å²) in [6.45, 7) is 1.58. The second-order valence-corrected chi connectivity index (χ2v) is 6.49. The van der Waals surface area contributed by atoms with Gasteiger partial charge in [0.25, 0.3) is 14.9 Å². The van der Waals surface area contributed by atoms with Gasteiger partial charge in [-0.3, -0.25) is 4.40 Å². The van der Waals surface area contributed by atoms with Crippen LogP contribution in [-0.2, 0) is 9.05 Å². The van der Waals surface area contributed by atoms with Gasteiger partial charge in [-0.2, -0.15) is 0 Å². The molecule has 0 N–H and O–H groups in total. The van der Waals surface area contributed by atoms with E-state index in [1.165, 1.54) is 10.6 Å². The lowest BCUT2D eigenvalue weighted by Crippen LogP contribution is -1.98. The van der Waals surface area contributed by atoms with Crippen LogP contribution in [0.3, 0.4) is 0 Å². The molecule has 0 atom stereocenters. The van der Waals surface area contributed by atoms with E-state index in [1.54, 1.807) is 6.92 Å². The number of aryl methyl sites for hydroxylation is 1. The smallest absolute Gasteiger partial charge is 0.284 e. The second-order valence-electron chi connectivity index (χ2n) is 3.92. The summed E-state index contributed by atoms with van der Waals surface area (Å²) in [5, 5.41) is 7.39. The molecule has 0 aliphatic heterocycles. The Labute approximate surface area is 116 Å². The Hall–Kier alpha value is -2.00. The number of hydrogen-bond donors (Lipinski definition) is 0. The fourth-order valence-corrected chi connectivity index (χ4v) is 2.44. The summed E-state index contributed by atoms with van der Waals surface area (Å²) in [5.74, 6) is -0.298. The van der Waals surface area contributed by atoms with Crippen molar-refractivity contribution < 1.29 is 17.2 Å². The molecule has 0 radical (unpaired) electrons. The minimum absolute atomic E-state index is 0.0472. The first-order chi connectivity index (χ1) is 9.36. The third kappa shape index (κ3) is 2.04. The molecule has 10 heteroatoms. The molecule has 3 aromatic rings. The lowest BCUT2D eigenvalue weighted by molar-refractivity contribution is 0.528. The molecule has 7 nitrogen and oxygen atoms in total. The first kappa shape index (κ1) is 13.0. The minimum atomic E-state index is -4.07. The molecular weight excluding hydrogens is 311 g/mol. The van der Waals surface area contributed by atoms with E-state index in [2.05, 4.69) is 15.2 Å². The Morgan fingerprint density at radius 1 is 1.40 bits per heavy atom. The lowest BCUT2D eigenvalue weighted by atomic mass is 10.4. The van der Waals surface area contributed by atoms with Crippen LogP contribution >= 0.6 is 10.7 Å². The summed E-state index contributed by atoms with van der Waals surface area (Å²) in [5.41, 5.74) is 0.0694. The van der Waals surface area contributed by atoms with Crippen molar-refractivity contribution in [1.82, 2.24) is 19.6 Å². The zero-order chi connectivity index (χ0) is 14.5. The van der Waals surface area contributed by atoms with E-state index < -0.39 is 14.9 Å². The van der Waals surface area contributed by atoms with Gasteiger partial charge < -0.3 is 4.42 Å². The molecular formula is C10H6ClFN4O3S. The van der Waals surface area contributed by atoms with Crippen LogP contribution in [0.4, 0.5) is 4.39 Å². The summed E-state index contributed by atoms with van der Waals surface area (Å²) in [4.78, 5) is 3.56. The minimum Gasteiger partial charge on any atom is -0.419 e. The molecule has 0 unspecified atom stereocenters. The maximum absolute atomic E-state index is 13.9. The van der Waals surface area contributed by atoms with Crippen molar-refractivity contribution in [1.29, 1.82) is 0 Å². The Kier molecular flexibility index (Phi) is 2.76. The van der Waals surface area contributed by atoms with Gasteiger partial charge in [0.2, 0.25) is 11.7 Å². The van der Waals surface area contributed by atoms with Crippen LogP contribution in [0.2, 0.25) is 0 Å².